The number of primary amides is 1. The number of rotatable bonds is 2. The molecule has 0 unspecified atom stereocenters. The Labute approximate surface area is 118 Å². The molecule has 2 N–H and O–H groups in total. The van der Waals surface area contributed by atoms with Crippen LogP contribution in [0.2, 0.25) is 0 Å². The SMILES string of the molecule is N#C/C(=C/c1cc2c3c(c1)CCCN3CCC2)C(N)=O. The number of aryl methyl sites for hydroxylation is 2. The van der Waals surface area contributed by atoms with Gasteiger partial charge >= 0.3 is 0 Å². The molecule has 1 aromatic carbocycles. The molecular formula is C16H17N3O. The Morgan fingerprint density at radius 3 is 2.35 bits per heavy atom. The lowest BCUT2D eigenvalue weighted by Gasteiger charge is -2.37. The lowest BCUT2D eigenvalue weighted by atomic mass is 9.89. The molecule has 0 aliphatic carbocycles. The Balaban J connectivity index is 2.08. The van der Waals surface area contributed by atoms with Crippen molar-refractivity contribution < 1.29 is 4.79 Å². The summed E-state index contributed by atoms with van der Waals surface area (Å²) < 4.78 is 0. The Bertz CT molecular complexity index is 609. The molecule has 2 aliphatic heterocycles. The number of amides is 1. The van der Waals surface area contributed by atoms with E-state index in [-0.39, 0.29) is 5.57 Å². The number of nitrogens with two attached hydrogens (primary N) is 1. The van der Waals surface area contributed by atoms with Crippen LogP contribution >= 0.6 is 0 Å². The predicted octanol–water partition coefficient (Wildman–Crippen LogP) is 1.78. The maximum atomic E-state index is 11.2. The molecule has 102 valence electrons. The molecule has 0 radical (unpaired) electrons. The summed E-state index contributed by atoms with van der Waals surface area (Å²) in [7, 11) is 0. The number of benzene rings is 1. The van der Waals surface area contributed by atoms with Gasteiger partial charge < -0.3 is 10.6 Å². The molecule has 1 aromatic rings. The molecule has 0 atom stereocenters. The second-order valence-electron chi connectivity index (χ2n) is 5.42. The number of nitriles is 1. The summed E-state index contributed by atoms with van der Waals surface area (Å²) in [6.45, 7) is 2.28. The van der Waals surface area contributed by atoms with E-state index in [1.807, 2.05) is 6.07 Å². The van der Waals surface area contributed by atoms with Crippen LogP contribution in [0.5, 0.6) is 0 Å². The highest BCUT2D eigenvalue weighted by Gasteiger charge is 2.23. The second kappa shape index (κ2) is 5.01. The number of hydrogen-bond donors (Lipinski definition) is 1. The predicted molar refractivity (Wildman–Crippen MR) is 78.1 cm³/mol. The molecule has 0 saturated heterocycles. The molecule has 0 aromatic heterocycles. The normalized spacial score (nSPS) is 17.4. The number of carbonyl (C=O) groups excluding carboxylic acids is 1. The van der Waals surface area contributed by atoms with E-state index in [1.54, 1.807) is 6.08 Å². The summed E-state index contributed by atoms with van der Waals surface area (Å²) in [6.07, 6.45) is 6.08. The van der Waals surface area contributed by atoms with Gasteiger partial charge in [0.1, 0.15) is 11.6 Å². The number of nitrogens with zero attached hydrogens (tertiary/aromatic N) is 2. The van der Waals surface area contributed by atoms with Gasteiger partial charge in [0.2, 0.25) is 0 Å². The lowest BCUT2D eigenvalue weighted by Crippen LogP contribution is -2.34. The van der Waals surface area contributed by atoms with Crippen LogP contribution in [0.3, 0.4) is 0 Å². The van der Waals surface area contributed by atoms with Crippen molar-refractivity contribution in [2.45, 2.75) is 25.7 Å². The van der Waals surface area contributed by atoms with Crippen molar-refractivity contribution in [1.29, 1.82) is 5.26 Å². The van der Waals surface area contributed by atoms with Crippen molar-refractivity contribution in [1.82, 2.24) is 0 Å². The minimum Gasteiger partial charge on any atom is -0.371 e. The molecule has 4 nitrogen and oxygen atoms in total. The minimum absolute atomic E-state index is 0.0145. The highest BCUT2D eigenvalue weighted by Crippen LogP contribution is 2.36. The van der Waals surface area contributed by atoms with Crippen LogP contribution < -0.4 is 10.6 Å². The van der Waals surface area contributed by atoms with E-state index in [2.05, 4.69) is 17.0 Å². The summed E-state index contributed by atoms with van der Waals surface area (Å²) in [5, 5.41) is 8.95. The molecule has 2 aliphatic rings. The van der Waals surface area contributed by atoms with Crippen molar-refractivity contribution >= 4 is 17.7 Å². The highest BCUT2D eigenvalue weighted by molar-refractivity contribution is 6.00. The third-order valence-electron chi connectivity index (χ3n) is 4.05. The Morgan fingerprint density at radius 1 is 1.25 bits per heavy atom. The molecule has 0 fully saturated rings. The molecule has 3 rings (SSSR count). The number of hydrogen-bond acceptors (Lipinski definition) is 3. The van der Waals surface area contributed by atoms with E-state index in [0.29, 0.717) is 0 Å². The van der Waals surface area contributed by atoms with Crippen molar-refractivity contribution in [2.24, 2.45) is 5.73 Å². The number of anilines is 1. The van der Waals surface area contributed by atoms with E-state index >= 15 is 0 Å². The fourth-order valence-electron chi connectivity index (χ4n) is 3.24. The van der Waals surface area contributed by atoms with E-state index in [1.165, 1.54) is 29.7 Å². The molecule has 0 spiro atoms. The second-order valence-corrected chi connectivity index (χ2v) is 5.42. The highest BCUT2D eigenvalue weighted by atomic mass is 16.1. The van der Waals surface area contributed by atoms with Crippen LogP contribution in [-0.4, -0.2) is 19.0 Å². The standard InChI is InChI=1S/C16H17N3O/c17-10-14(16(18)20)9-11-7-12-3-1-5-19-6-2-4-13(8-11)15(12)19/h7-9H,1-6H2,(H2,18,20)/b14-9-. The first-order chi connectivity index (χ1) is 9.69. The van der Waals surface area contributed by atoms with E-state index < -0.39 is 5.91 Å². The number of carbonyl (C=O) groups is 1. The molecule has 0 bridgehead atoms. The van der Waals surface area contributed by atoms with E-state index in [9.17, 15) is 4.79 Å². The van der Waals surface area contributed by atoms with Gasteiger partial charge in [0, 0.05) is 18.8 Å². The van der Waals surface area contributed by atoms with E-state index in [4.69, 9.17) is 11.0 Å². The smallest absolute Gasteiger partial charge is 0.259 e. The molecule has 1 amide bonds. The Hall–Kier alpha value is -2.28. The first-order valence-electron chi connectivity index (χ1n) is 7.01. The summed E-state index contributed by atoms with van der Waals surface area (Å²) in [5.41, 5.74) is 10.2. The Morgan fingerprint density at radius 2 is 1.85 bits per heavy atom. The maximum absolute atomic E-state index is 11.2. The third kappa shape index (κ3) is 2.16. The van der Waals surface area contributed by atoms with Gasteiger partial charge in [-0.2, -0.15) is 5.26 Å². The third-order valence-corrected chi connectivity index (χ3v) is 4.05. The quantitative estimate of drug-likeness (QED) is 0.656. The summed E-state index contributed by atoms with van der Waals surface area (Å²) in [5.74, 6) is -0.666. The first-order valence-corrected chi connectivity index (χ1v) is 7.01. The van der Waals surface area contributed by atoms with Gasteiger partial charge in [0.25, 0.3) is 5.91 Å². The van der Waals surface area contributed by atoms with Gasteiger partial charge in [0.15, 0.2) is 0 Å². The first kappa shape index (κ1) is 12.7. The van der Waals surface area contributed by atoms with Crippen LogP contribution in [0, 0.1) is 11.3 Å². The minimum atomic E-state index is -0.666. The van der Waals surface area contributed by atoms with Crippen molar-refractivity contribution in [3.8, 4) is 6.07 Å². The summed E-state index contributed by atoms with van der Waals surface area (Å²) in [6, 6.07) is 6.05. The van der Waals surface area contributed by atoms with Gasteiger partial charge in [0.05, 0.1) is 0 Å². The van der Waals surface area contributed by atoms with Crippen LogP contribution in [-0.2, 0) is 17.6 Å². The fraction of sp³-hybridized carbons (Fsp3) is 0.375. The van der Waals surface area contributed by atoms with Crippen LogP contribution in [0.15, 0.2) is 17.7 Å². The molecule has 2 heterocycles. The van der Waals surface area contributed by atoms with Gasteiger partial charge in [-0.25, -0.2) is 0 Å². The van der Waals surface area contributed by atoms with Crippen LogP contribution in [0.25, 0.3) is 6.08 Å². The fourth-order valence-corrected chi connectivity index (χ4v) is 3.24. The zero-order valence-corrected chi connectivity index (χ0v) is 11.4. The topological polar surface area (TPSA) is 70.1 Å². The molecular weight excluding hydrogens is 250 g/mol. The average Bonchev–Trinajstić information content (AvgIpc) is 2.45. The van der Waals surface area contributed by atoms with Crippen LogP contribution in [0.4, 0.5) is 5.69 Å². The van der Waals surface area contributed by atoms with Crippen LogP contribution in [0.1, 0.15) is 29.5 Å². The summed E-state index contributed by atoms with van der Waals surface area (Å²) >= 11 is 0. The molecule has 20 heavy (non-hydrogen) atoms. The Kier molecular flexibility index (Phi) is 3.19. The van der Waals surface area contributed by atoms with Crippen molar-refractivity contribution in [3.63, 3.8) is 0 Å². The van der Waals surface area contributed by atoms with Crippen molar-refractivity contribution in [3.05, 3.63) is 34.4 Å². The van der Waals surface area contributed by atoms with Gasteiger partial charge in [-0.1, -0.05) is 0 Å². The van der Waals surface area contributed by atoms with Crippen molar-refractivity contribution in [2.75, 3.05) is 18.0 Å². The molecule has 4 heteroatoms. The van der Waals surface area contributed by atoms with E-state index in [0.717, 1.165) is 31.5 Å². The lowest BCUT2D eigenvalue weighted by molar-refractivity contribution is -0.114. The van der Waals surface area contributed by atoms with Gasteiger partial charge in [-0.15, -0.1) is 0 Å². The van der Waals surface area contributed by atoms with Gasteiger partial charge in [-0.3, -0.25) is 4.79 Å². The van der Waals surface area contributed by atoms with Gasteiger partial charge in [-0.05, 0) is 60.6 Å². The largest absolute Gasteiger partial charge is 0.371 e. The zero-order chi connectivity index (χ0) is 14.1. The summed E-state index contributed by atoms with van der Waals surface area (Å²) in [4.78, 5) is 13.6. The molecule has 0 saturated carbocycles. The zero-order valence-electron chi connectivity index (χ0n) is 11.4. The maximum Gasteiger partial charge on any atom is 0.259 e. The average molecular weight is 267 g/mol. The monoisotopic (exact) mass is 267 g/mol.